The molecular weight excluding hydrogens is 546 g/mol. The van der Waals surface area contributed by atoms with Crippen LogP contribution in [-0.4, -0.2) is 52.8 Å². The molecule has 0 aromatic carbocycles. The summed E-state index contributed by atoms with van der Waals surface area (Å²) in [6, 6.07) is 0. The summed E-state index contributed by atoms with van der Waals surface area (Å²) in [5.41, 5.74) is -1.42. The van der Waals surface area contributed by atoms with Gasteiger partial charge in [-0.25, -0.2) is 8.78 Å². The van der Waals surface area contributed by atoms with E-state index in [2.05, 4.69) is 20.8 Å². The highest BCUT2D eigenvalue weighted by Gasteiger charge is 2.63. The lowest BCUT2D eigenvalue weighted by Gasteiger charge is -2.60. The number of hydrogen-bond acceptors (Lipinski definition) is 7. The number of carbonyl (C=O) groups is 3. The molecule has 0 aliphatic heterocycles. The minimum Gasteiger partial charge on any atom is -0.458 e. The molecule has 0 aromatic heterocycles. The molecule has 4 aliphatic carbocycles. The van der Waals surface area contributed by atoms with Crippen molar-refractivity contribution in [3.05, 3.63) is 11.6 Å². The molecule has 3 saturated carbocycles. The normalized spacial score (nSPS) is 38.7. The third-order valence-corrected chi connectivity index (χ3v) is 11.7. The van der Waals surface area contributed by atoms with Gasteiger partial charge in [0.2, 0.25) is 0 Å². The maximum atomic E-state index is 15.1. The summed E-state index contributed by atoms with van der Waals surface area (Å²) >= 11 is 0. The molecule has 0 saturated heterocycles. The molecule has 3 fully saturated rings. The lowest BCUT2D eigenvalue weighted by Crippen LogP contribution is -2.58. The number of halogens is 2. The van der Waals surface area contributed by atoms with E-state index in [0.717, 1.165) is 44.6 Å². The highest BCUT2D eigenvalue weighted by molar-refractivity contribution is 5.68. The van der Waals surface area contributed by atoms with Crippen molar-refractivity contribution < 1.29 is 42.5 Å². The van der Waals surface area contributed by atoms with Gasteiger partial charge >= 0.3 is 17.9 Å². The Bertz CT molecular complexity index is 1100. The minimum absolute atomic E-state index is 0.0160. The first kappa shape index (κ1) is 32.9. The number of rotatable bonds is 8. The average molecular weight is 597 g/mol. The average Bonchev–Trinajstić information content (AvgIpc) is 3.21. The molecule has 4 rings (SSSR count). The first-order chi connectivity index (χ1) is 19.3. The van der Waals surface area contributed by atoms with Gasteiger partial charge in [0, 0.05) is 27.2 Å². The Hall–Kier alpha value is -2.03. The van der Waals surface area contributed by atoms with E-state index in [4.69, 9.17) is 14.2 Å². The Morgan fingerprint density at radius 1 is 0.976 bits per heavy atom. The summed E-state index contributed by atoms with van der Waals surface area (Å²) in [6.45, 7) is 12.9. The molecule has 9 heteroatoms. The van der Waals surface area contributed by atoms with Gasteiger partial charge in [-0.15, -0.1) is 0 Å². The van der Waals surface area contributed by atoms with Crippen LogP contribution in [0, 0.1) is 40.4 Å². The van der Waals surface area contributed by atoms with Crippen molar-refractivity contribution in [2.75, 3.05) is 0 Å². The second kappa shape index (κ2) is 11.5. The number of esters is 3. The van der Waals surface area contributed by atoms with E-state index < -0.39 is 47.7 Å². The first-order valence-electron chi connectivity index (χ1n) is 15.7. The molecular formula is C33H50F2O7. The van der Waals surface area contributed by atoms with Crippen LogP contribution in [0.25, 0.3) is 0 Å². The van der Waals surface area contributed by atoms with Crippen LogP contribution in [0.2, 0.25) is 0 Å². The zero-order chi connectivity index (χ0) is 31.4. The Labute approximate surface area is 249 Å². The van der Waals surface area contributed by atoms with Gasteiger partial charge in [-0.3, -0.25) is 14.4 Å². The van der Waals surface area contributed by atoms with Crippen LogP contribution in [0.1, 0.15) is 107 Å². The second-order valence-corrected chi connectivity index (χ2v) is 14.6. The smallest absolute Gasteiger partial charge is 0.303 e. The van der Waals surface area contributed by atoms with E-state index in [1.807, 2.05) is 6.08 Å². The maximum absolute atomic E-state index is 15.1. The molecule has 1 unspecified atom stereocenters. The van der Waals surface area contributed by atoms with Crippen LogP contribution in [0.4, 0.5) is 8.78 Å². The standard InChI is InChI=1S/C33H50F2O7/c1-18(11-16-33(34,35)30(5,6)42-21(4)38)22-9-10-23-28-24(12-14-31(22,23)7)32(8)15-13-27(40-19(2)36)29(41-20(3)37)25(32)17-26(28)39/h17-18,22-24,26-29,39H,9-16H2,1-8H3/t18-,22-,23+,24+,26?,27+,28+,29-,31-,32-/m1/s1. The van der Waals surface area contributed by atoms with Crippen LogP contribution in [0.5, 0.6) is 0 Å². The molecule has 0 spiro atoms. The number of alkyl halides is 2. The third kappa shape index (κ3) is 5.75. The van der Waals surface area contributed by atoms with Crippen LogP contribution >= 0.6 is 0 Å². The van der Waals surface area contributed by atoms with Crippen molar-refractivity contribution in [1.82, 2.24) is 0 Å². The summed E-state index contributed by atoms with van der Waals surface area (Å²) in [5.74, 6) is -4.03. The predicted octanol–water partition coefficient (Wildman–Crippen LogP) is 6.40. The number of aliphatic hydroxyl groups excluding tert-OH is 1. The van der Waals surface area contributed by atoms with Gasteiger partial charge in [-0.05, 0) is 105 Å². The quantitative estimate of drug-likeness (QED) is 0.197. The van der Waals surface area contributed by atoms with E-state index in [9.17, 15) is 19.5 Å². The van der Waals surface area contributed by atoms with E-state index >= 15 is 8.78 Å². The molecule has 4 aliphatic rings. The fourth-order valence-corrected chi connectivity index (χ4v) is 9.63. The SMILES string of the molecule is CC(=O)O[C@H]1CC[C@@]2(C)C(=CC(O)[C@H]3[C@@H]4CC[C@H]([C@H](C)CCC(F)(F)C(C)(C)OC(C)=O)[C@@]4(C)CC[C@@H]32)[C@H]1OC(C)=O. The van der Waals surface area contributed by atoms with Crippen LogP contribution in [-0.2, 0) is 28.6 Å². The van der Waals surface area contributed by atoms with E-state index in [-0.39, 0.29) is 46.8 Å². The highest BCUT2D eigenvalue weighted by Crippen LogP contribution is 2.67. The van der Waals surface area contributed by atoms with E-state index in [1.54, 1.807) is 0 Å². The Kier molecular flexibility index (Phi) is 8.98. The lowest BCUT2D eigenvalue weighted by molar-refractivity contribution is -0.202. The summed E-state index contributed by atoms with van der Waals surface area (Å²) in [4.78, 5) is 35.3. The zero-order valence-electron chi connectivity index (χ0n) is 26.5. The molecule has 7 nitrogen and oxygen atoms in total. The zero-order valence-corrected chi connectivity index (χ0v) is 26.5. The molecule has 0 heterocycles. The van der Waals surface area contributed by atoms with Crippen LogP contribution < -0.4 is 0 Å². The van der Waals surface area contributed by atoms with Crippen molar-refractivity contribution in [1.29, 1.82) is 0 Å². The van der Waals surface area contributed by atoms with Crippen LogP contribution in [0.15, 0.2) is 11.6 Å². The number of carbonyl (C=O) groups excluding carboxylic acids is 3. The molecule has 0 aromatic rings. The summed E-state index contributed by atoms with van der Waals surface area (Å²) in [6.07, 6.45) is 4.81. The van der Waals surface area contributed by atoms with Crippen molar-refractivity contribution >= 4 is 17.9 Å². The Morgan fingerprint density at radius 3 is 2.21 bits per heavy atom. The summed E-state index contributed by atoms with van der Waals surface area (Å²) in [5, 5.41) is 11.7. The van der Waals surface area contributed by atoms with Gasteiger partial charge < -0.3 is 19.3 Å². The molecule has 0 radical (unpaired) electrons. The fourth-order valence-electron chi connectivity index (χ4n) is 9.63. The first-order valence-corrected chi connectivity index (χ1v) is 15.7. The van der Waals surface area contributed by atoms with Gasteiger partial charge in [-0.1, -0.05) is 26.8 Å². The van der Waals surface area contributed by atoms with E-state index in [1.165, 1.54) is 27.7 Å². The Morgan fingerprint density at radius 2 is 1.62 bits per heavy atom. The summed E-state index contributed by atoms with van der Waals surface area (Å²) < 4.78 is 46.6. The highest BCUT2D eigenvalue weighted by atomic mass is 19.3. The number of hydrogen-bond donors (Lipinski definition) is 1. The largest absolute Gasteiger partial charge is 0.458 e. The molecule has 1 N–H and O–H groups in total. The predicted molar refractivity (Wildman–Crippen MR) is 152 cm³/mol. The molecule has 0 bridgehead atoms. The molecule has 10 atom stereocenters. The van der Waals surface area contributed by atoms with E-state index in [0.29, 0.717) is 12.8 Å². The number of aliphatic hydroxyl groups is 1. The molecule has 238 valence electrons. The molecule has 0 amide bonds. The van der Waals surface area contributed by atoms with Crippen LogP contribution in [0.3, 0.4) is 0 Å². The second-order valence-electron chi connectivity index (χ2n) is 14.6. The summed E-state index contributed by atoms with van der Waals surface area (Å²) in [7, 11) is 0. The molecule has 42 heavy (non-hydrogen) atoms. The third-order valence-electron chi connectivity index (χ3n) is 11.7. The van der Waals surface area contributed by atoms with Gasteiger partial charge in [0.15, 0.2) is 11.7 Å². The van der Waals surface area contributed by atoms with Crippen molar-refractivity contribution in [2.24, 2.45) is 40.4 Å². The lowest BCUT2D eigenvalue weighted by atomic mass is 9.46. The van der Waals surface area contributed by atoms with Crippen molar-refractivity contribution in [3.63, 3.8) is 0 Å². The van der Waals surface area contributed by atoms with Gasteiger partial charge in [0.25, 0.3) is 5.92 Å². The van der Waals surface area contributed by atoms with Crippen molar-refractivity contribution in [2.45, 2.75) is 137 Å². The topological polar surface area (TPSA) is 99.1 Å². The minimum atomic E-state index is -3.15. The van der Waals surface area contributed by atoms with Crippen molar-refractivity contribution in [3.8, 4) is 0 Å². The van der Waals surface area contributed by atoms with Gasteiger partial charge in [-0.2, -0.15) is 0 Å². The maximum Gasteiger partial charge on any atom is 0.303 e. The Balaban J connectivity index is 1.55. The number of fused-ring (bicyclic) bond motifs is 5. The van der Waals surface area contributed by atoms with Gasteiger partial charge in [0.1, 0.15) is 6.10 Å². The number of ether oxygens (including phenoxy) is 3. The van der Waals surface area contributed by atoms with Gasteiger partial charge in [0.05, 0.1) is 6.10 Å². The fraction of sp³-hybridized carbons (Fsp3) is 0.848. The monoisotopic (exact) mass is 596 g/mol.